The molecule has 0 saturated carbocycles. The van der Waals surface area contributed by atoms with Gasteiger partial charge in [0.15, 0.2) is 11.5 Å². The molecule has 8 heteroatoms. The highest BCUT2D eigenvalue weighted by Gasteiger charge is 2.26. The summed E-state index contributed by atoms with van der Waals surface area (Å²) in [5.74, 6) is 0.622. The normalized spacial score (nSPS) is 14.5. The van der Waals surface area contributed by atoms with Crippen molar-refractivity contribution in [2.75, 3.05) is 6.54 Å². The zero-order valence-electron chi connectivity index (χ0n) is 10.5. The van der Waals surface area contributed by atoms with Crippen molar-refractivity contribution in [2.45, 2.75) is 26.6 Å². The van der Waals surface area contributed by atoms with Crippen molar-refractivity contribution in [3.63, 3.8) is 0 Å². The van der Waals surface area contributed by atoms with E-state index in [0.717, 1.165) is 5.82 Å². The van der Waals surface area contributed by atoms with Gasteiger partial charge in [0.25, 0.3) is 5.91 Å². The van der Waals surface area contributed by atoms with E-state index in [-0.39, 0.29) is 5.91 Å². The Morgan fingerprint density at radius 2 is 2.32 bits per heavy atom. The van der Waals surface area contributed by atoms with Crippen LogP contribution in [0.3, 0.4) is 0 Å². The molecule has 2 aromatic rings. The van der Waals surface area contributed by atoms with Crippen molar-refractivity contribution in [1.82, 2.24) is 29.4 Å². The van der Waals surface area contributed by atoms with Crippen molar-refractivity contribution in [3.8, 4) is 0 Å². The van der Waals surface area contributed by atoms with Crippen LogP contribution < -0.4 is 0 Å². The molecule has 3 rings (SSSR count). The fraction of sp³-hybridized carbons (Fsp3) is 0.455. The summed E-state index contributed by atoms with van der Waals surface area (Å²) in [6, 6.07) is 0. The van der Waals surface area contributed by atoms with Crippen LogP contribution in [0.25, 0.3) is 0 Å². The molecule has 19 heavy (non-hydrogen) atoms. The largest absolute Gasteiger partial charge is 0.328 e. The number of halogens is 1. The number of hydrogen-bond donors (Lipinski definition) is 0. The topological polar surface area (TPSA) is 68.8 Å². The van der Waals surface area contributed by atoms with E-state index in [1.54, 1.807) is 22.1 Å². The van der Waals surface area contributed by atoms with Crippen LogP contribution in [-0.2, 0) is 19.6 Å². The molecule has 0 aromatic carbocycles. The Bertz CT molecular complexity index is 618. The summed E-state index contributed by atoms with van der Waals surface area (Å²) in [7, 11) is 0. The van der Waals surface area contributed by atoms with Crippen LogP contribution in [0.4, 0.5) is 0 Å². The average Bonchev–Trinajstić information content (AvgIpc) is 3.02. The Labute approximate surface area is 114 Å². The third-order valence-corrected chi connectivity index (χ3v) is 3.45. The van der Waals surface area contributed by atoms with Gasteiger partial charge in [-0.05, 0) is 6.92 Å². The van der Waals surface area contributed by atoms with Crippen molar-refractivity contribution in [1.29, 1.82) is 0 Å². The quantitative estimate of drug-likeness (QED) is 0.816. The first kappa shape index (κ1) is 12.2. The van der Waals surface area contributed by atoms with Crippen LogP contribution in [0.2, 0.25) is 5.02 Å². The maximum absolute atomic E-state index is 12.4. The summed E-state index contributed by atoms with van der Waals surface area (Å²) in [6.45, 7) is 4.37. The van der Waals surface area contributed by atoms with Crippen LogP contribution in [0.15, 0.2) is 12.5 Å². The zero-order valence-corrected chi connectivity index (χ0v) is 11.2. The van der Waals surface area contributed by atoms with Gasteiger partial charge >= 0.3 is 0 Å². The van der Waals surface area contributed by atoms with Crippen LogP contribution in [-0.4, -0.2) is 41.9 Å². The lowest BCUT2D eigenvalue weighted by Gasteiger charge is -2.26. The Balaban J connectivity index is 1.83. The lowest BCUT2D eigenvalue weighted by atomic mass is 10.3. The van der Waals surface area contributed by atoms with Gasteiger partial charge in [-0.3, -0.25) is 9.48 Å². The Morgan fingerprint density at radius 1 is 1.47 bits per heavy atom. The minimum atomic E-state index is -0.161. The Hall–Kier alpha value is -1.89. The molecule has 0 atom stereocenters. The van der Waals surface area contributed by atoms with E-state index in [1.807, 2.05) is 11.5 Å². The van der Waals surface area contributed by atoms with Crippen LogP contribution in [0.1, 0.15) is 23.2 Å². The monoisotopic (exact) mass is 280 g/mol. The first-order valence-electron chi connectivity index (χ1n) is 6.08. The average molecular weight is 281 g/mol. The molecule has 0 N–H and O–H groups in total. The number of carbonyl (C=O) groups excluding carboxylic acids is 1. The fourth-order valence-corrected chi connectivity index (χ4v) is 2.32. The Morgan fingerprint density at radius 3 is 3.05 bits per heavy atom. The van der Waals surface area contributed by atoms with Gasteiger partial charge in [0, 0.05) is 25.8 Å². The number of carbonyl (C=O) groups is 1. The van der Waals surface area contributed by atoms with E-state index in [1.165, 1.54) is 0 Å². The highest BCUT2D eigenvalue weighted by atomic mass is 35.5. The highest BCUT2D eigenvalue weighted by molar-refractivity contribution is 6.33. The molecule has 0 saturated heterocycles. The highest BCUT2D eigenvalue weighted by Crippen LogP contribution is 2.18. The third-order valence-electron chi connectivity index (χ3n) is 3.17. The predicted octanol–water partition coefficient (Wildman–Crippen LogP) is 0.804. The van der Waals surface area contributed by atoms with Gasteiger partial charge in [-0.15, -0.1) is 10.2 Å². The number of amides is 1. The SMILES string of the molecule is CCn1cc(Cl)c(C(=O)N2CCn3cnnc3C2)n1. The molecule has 0 radical (unpaired) electrons. The Kier molecular flexibility index (Phi) is 2.98. The lowest BCUT2D eigenvalue weighted by Crippen LogP contribution is -2.38. The molecular weight excluding hydrogens is 268 g/mol. The number of aromatic nitrogens is 5. The molecule has 7 nitrogen and oxygen atoms in total. The molecule has 0 unspecified atom stereocenters. The number of rotatable bonds is 2. The maximum Gasteiger partial charge on any atom is 0.276 e. The summed E-state index contributed by atoms with van der Waals surface area (Å²) < 4.78 is 3.60. The smallest absolute Gasteiger partial charge is 0.276 e. The van der Waals surface area contributed by atoms with Gasteiger partial charge in [-0.2, -0.15) is 5.10 Å². The second-order valence-electron chi connectivity index (χ2n) is 4.35. The number of hydrogen-bond acceptors (Lipinski definition) is 4. The van der Waals surface area contributed by atoms with Crippen LogP contribution >= 0.6 is 11.6 Å². The van der Waals surface area contributed by atoms with E-state index < -0.39 is 0 Å². The van der Waals surface area contributed by atoms with E-state index in [9.17, 15) is 4.79 Å². The van der Waals surface area contributed by atoms with Gasteiger partial charge in [0.2, 0.25) is 0 Å². The van der Waals surface area contributed by atoms with Crippen molar-refractivity contribution >= 4 is 17.5 Å². The number of nitrogens with zero attached hydrogens (tertiary/aromatic N) is 6. The zero-order chi connectivity index (χ0) is 13.4. The summed E-state index contributed by atoms with van der Waals surface area (Å²) in [5, 5.41) is 12.4. The summed E-state index contributed by atoms with van der Waals surface area (Å²) >= 11 is 6.05. The molecule has 0 aliphatic carbocycles. The first-order valence-corrected chi connectivity index (χ1v) is 6.45. The molecule has 1 aliphatic heterocycles. The number of aryl methyl sites for hydroxylation is 1. The third kappa shape index (κ3) is 2.10. The minimum Gasteiger partial charge on any atom is -0.328 e. The van der Waals surface area contributed by atoms with Crippen molar-refractivity contribution in [2.24, 2.45) is 0 Å². The minimum absolute atomic E-state index is 0.161. The van der Waals surface area contributed by atoms with Gasteiger partial charge in [0.1, 0.15) is 6.33 Å². The molecule has 1 aliphatic rings. The molecule has 0 spiro atoms. The lowest BCUT2D eigenvalue weighted by molar-refractivity contribution is 0.0700. The van der Waals surface area contributed by atoms with Gasteiger partial charge in [0.05, 0.1) is 11.6 Å². The van der Waals surface area contributed by atoms with Gasteiger partial charge in [-0.25, -0.2) is 0 Å². The second-order valence-corrected chi connectivity index (χ2v) is 4.76. The molecule has 0 fully saturated rings. The van der Waals surface area contributed by atoms with E-state index in [4.69, 9.17) is 11.6 Å². The fourth-order valence-electron chi connectivity index (χ4n) is 2.09. The molecule has 0 bridgehead atoms. The summed E-state index contributed by atoms with van der Waals surface area (Å²) in [6.07, 6.45) is 3.34. The molecule has 3 heterocycles. The molecule has 100 valence electrons. The van der Waals surface area contributed by atoms with Crippen molar-refractivity contribution < 1.29 is 4.79 Å². The second kappa shape index (κ2) is 4.65. The summed E-state index contributed by atoms with van der Waals surface area (Å²) in [4.78, 5) is 14.1. The maximum atomic E-state index is 12.4. The standard InChI is InChI=1S/C11H13ClN6O/c1-2-18-5-8(12)10(15-18)11(19)16-3-4-17-7-13-14-9(17)6-16/h5,7H,2-4,6H2,1H3. The van der Waals surface area contributed by atoms with E-state index in [2.05, 4.69) is 15.3 Å². The van der Waals surface area contributed by atoms with Gasteiger partial charge in [-0.1, -0.05) is 11.6 Å². The van der Waals surface area contributed by atoms with Crippen LogP contribution in [0, 0.1) is 0 Å². The molecule has 2 aromatic heterocycles. The van der Waals surface area contributed by atoms with Crippen molar-refractivity contribution in [3.05, 3.63) is 29.1 Å². The number of fused-ring (bicyclic) bond motifs is 1. The van der Waals surface area contributed by atoms with E-state index >= 15 is 0 Å². The first-order chi connectivity index (χ1) is 9.19. The van der Waals surface area contributed by atoms with E-state index in [0.29, 0.717) is 36.9 Å². The molecule has 1 amide bonds. The van der Waals surface area contributed by atoms with Gasteiger partial charge < -0.3 is 9.47 Å². The predicted molar refractivity (Wildman–Crippen MR) is 67.7 cm³/mol. The summed E-state index contributed by atoms with van der Waals surface area (Å²) in [5.41, 5.74) is 0.302. The molecular formula is C11H13ClN6O. The van der Waals surface area contributed by atoms with Crippen LogP contribution in [0.5, 0.6) is 0 Å².